The van der Waals surface area contributed by atoms with Gasteiger partial charge in [-0.15, -0.1) is 0 Å². The molecule has 0 aliphatic heterocycles. The Morgan fingerprint density at radius 1 is 1.31 bits per heavy atom. The van der Waals surface area contributed by atoms with Crippen LogP contribution >= 0.6 is 0 Å². The smallest absolute Gasteiger partial charge is 0.123 e. The maximum absolute atomic E-state index is 10.1. The summed E-state index contributed by atoms with van der Waals surface area (Å²) < 4.78 is 0. The number of nitrogens with zero attached hydrogens (tertiary/aromatic N) is 1. The molecule has 1 aromatic rings. The highest BCUT2D eigenvalue weighted by Gasteiger charge is 2.10. The van der Waals surface area contributed by atoms with E-state index in [1.807, 2.05) is 45.0 Å². The molecule has 0 fully saturated rings. The molecule has 0 spiro atoms. The van der Waals surface area contributed by atoms with Crippen LogP contribution in [0.1, 0.15) is 23.6 Å². The van der Waals surface area contributed by atoms with Crippen molar-refractivity contribution in [3.8, 4) is 5.75 Å². The quantitative estimate of drug-likeness (QED) is 0.814. The third-order valence-electron chi connectivity index (χ3n) is 2.44. The zero-order chi connectivity index (χ0) is 12.3. The highest BCUT2D eigenvalue weighted by molar-refractivity contribution is 5.43. The van der Waals surface area contributed by atoms with Crippen LogP contribution in [-0.2, 0) is 13.0 Å². The minimum Gasteiger partial charge on any atom is -0.507 e. The first-order valence-corrected chi connectivity index (χ1v) is 5.62. The Labute approximate surface area is 97.9 Å². The third kappa shape index (κ3) is 3.51. The second kappa shape index (κ2) is 5.32. The lowest BCUT2D eigenvalue weighted by molar-refractivity contribution is 0.383. The molecule has 1 atom stereocenters. The average molecular weight is 222 g/mol. The Kier molecular flexibility index (Phi) is 4.33. The SMILES string of the molecule is Cc1cc(CC(C)N)c(O)c(CN(C)C)c1. The van der Waals surface area contributed by atoms with E-state index in [2.05, 4.69) is 0 Å². The monoisotopic (exact) mass is 222 g/mol. The zero-order valence-electron chi connectivity index (χ0n) is 10.6. The van der Waals surface area contributed by atoms with E-state index < -0.39 is 0 Å². The molecule has 0 amide bonds. The maximum Gasteiger partial charge on any atom is 0.123 e. The van der Waals surface area contributed by atoms with E-state index in [9.17, 15) is 5.11 Å². The Bertz CT molecular complexity index is 328. The fourth-order valence-electron chi connectivity index (χ4n) is 1.90. The van der Waals surface area contributed by atoms with Crippen LogP contribution in [0.25, 0.3) is 0 Å². The molecule has 1 unspecified atom stereocenters. The summed E-state index contributed by atoms with van der Waals surface area (Å²) >= 11 is 0. The molecule has 1 aromatic carbocycles. The van der Waals surface area contributed by atoms with Crippen molar-refractivity contribution in [3.63, 3.8) is 0 Å². The Morgan fingerprint density at radius 2 is 1.88 bits per heavy atom. The predicted octanol–water partition coefficient (Wildman–Crippen LogP) is 1.65. The number of aromatic hydroxyl groups is 1. The molecule has 0 aliphatic carbocycles. The first-order valence-electron chi connectivity index (χ1n) is 5.62. The average Bonchev–Trinajstić information content (AvgIpc) is 2.11. The van der Waals surface area contributed by atoms with Crippen molar-refractivity contribution >= 4 is 0 Å². The molecule has 0 aromatic heterocycles. The number of benzene rings is 1. The zero-order valence-corrected chi connectivity index (χ0v) is 10.6. The Hall–Kier alpha value is -1.06. The van der Waals surface area contributed by atoms with Gasteiger partial charge in [0.25, 0.3) is 0 Å². The second-order valence-electron chi connectivity index (χ2n) is 4.85. The first-order chi connectivity index (χ1) is 7.40. The highest BCUT2D eigenvalue weighted by atomic mass is 16.3. The van der Waals surface area contributed by atoms with Gasteiger partial charge in [-0.05, 0) is 39.9 Å². The van der Waals surface area contributed by atoms with Crippen molar-refractivity contribution in [2.75, 3.05) is 14.1 Å². The van der Waals surface area contributed by atoms with E-state index >= 15 is 0 Å². The summed E-state index contributed by atoms with van der Waals surface area (Å²) in [5, 5.41) is 10.1. The van der Waals surface area contributed by atoms with Gasteiger partial charge in [-0.3, -0.25) is 0 Å². The van der Waals surface area contributed by atoms with Crippen molar-refractivity contribution in [2.24, 2.45) is 5.73 Å². The van der Waals surface area contributed by atoms with Crippen LogP contribution in [0.5, 0.6) is 5.75 Å². The van der Waals surface area contributed by atoms with Crippen molar-refractivity contribution < 1.29 is 5.11 Å². The van der Waals surface area contributed by atoms with Gasteiger partial charge in [0.1, 0.15) is 5.75 Å². The predicted molar refractivity (Wildman–Crippen MR) is 67.6 cm³/mol. The molecule has 1 rings (SSSR count). The van der Waals surface area contributed by atoms with Gasteiger partial charge >= 0.3 is 0 Å². The lowest BCUT2D eigenvalue weighted by Crippen LogP contribution is -2.18. The molecule has 16 heavy (non-hydrogen) atoms. The summed E-state index contributed by atoms with van der Waals surface area (Å²) in [7, 11) is 3.99. The molecule has 3 nitrogen and oxygen atoms in total. The molecule has 0 bridgehead atoms. The minimum atomic E-state index is 0.0694. The molecular formula is C13H22N2O. The molecule has 0 heterocycles. The summed E-state index contributed by atoms with van der Waals surface area (Å²) in [4.78, 5) is 2.05. The van der Waals surface area contributed by atoms with Crippen LogP contribution in [0.4, 0.5) is 0 Å². The number of hydrogen-bond donors (Lipinski definition) is 2. The second-order valence-corrected chi connectivity index (χ2v) is 4.85. The van der Waals surface area contributed by atoms with Crippen molar-refractivity contribution in [1.82, 2.24) is 4.90 Å². The molecule has 3 heteroatoms. The highest BCUT2D eigenvalue weighted by Crippen LogP contribution is 2.26. The van der Waals surface area contributed by atoms with E-state index in [-0.39, 0.29) is 6.04 Å². The summed E-state index contributed by atoms with van der Waals surface area (Å²) in [6, 6.07) is 4.11. The Balaban J connectivity index is 3.05. The lowest BCUT2D eigenvalue weighted by Gasteiger charge is -2.16. The van der Waals surface area contributed by atoms with E-state index in [0.717, 1.165) is 17.7 Å². The van der Waals surface area contributed by atoms with E-state index in [1.165, 1.54) is 5.56 Å². The van der Waals surface area contributed by atoms with Gasteiger partial charge in [0.05, 0.1) is 0 Å². The first kappa shape index (κ1) is 13.0. The van der Waals surface area contributed by atoms with Gasteiger partial charge in [0.2, 0.25) is 0 Å². The summed E-state index contributed by atoms with van der Waals surface area (Å²) in [6.07, 6.45) is 0.716. The minimum absolute atomic E-state index is 0.0694. The standard InChI is InChI=1S/C13H22N2O/c1-9-5-11(7-10(2)14)13(16)12(6-9)8-15(3)4/h5-6,10,16H,7-8,14H2,1-4H3. The van der Waals surface area contributed by atoms with Crippen LogP contribution < -0.4 is 5.73 Å². The molecule has 90 valence electrons. The summed E-state index contributed by atoms with van der Waals surface area (Å²) in [5.41, 5.74) is 8.87. The van der Waals surface area contributed by atoms with Crippen molar-refractivity contribution in [3.05, 3.63) is 28.8 Å². The van der Waals surface area contributed by atoms with E-state index in [1.54, 1.807) is 0 Å². The summed E-state index contributed by atoms with van der Waals surface area (Å²) in [5.74, 6) is 0.400. The van der Waals surface area contributed by atoms with Gasteiger partial charge in [-0.1, -0.05) is 17.7 Å². The number of nitrogens with two attached hydrogens (primary N) is 1. The van der Waals surface area contributed by atoms with Gasteiger partial charge in [-0.25, -0.2) is 0 Å². The molecule has 0 saturated carbocycles. The van der Waals surface area contributed by atoms with Crippen LogP contribution in [0.3, 0.4) is 0 Å². The molecule has 0 aliphatic rings. The fraction of sp³-hybridized carbons (Fsp3) is 0.538. The molecule has 0 saturated heterocycles. The number of hydrogen-bond acceptors (Lipinski definition) is 3. The molecule has 3 N–H and O–H groups in total. The van der Waals surface area contributed by atoms with Gasteiger partial charge in [0.15, 0.2) is 0 Å². The summed E-state index contributed by atoms with van der Waals surface area (Å²) in [6.45, 7) is 4.75. The molecular weight excluding hydrogens is 200 g/mol. The number of phenolic OH excluding ortho intramolecular Hbond substituents is 1. The topological polar surface area (TPSA) is 49.5 Å². The normalized spacial score (nSPS) is 13.1. The van der Waals surface area contributed by atoms with E-state index in [4.69, 9.17) is 5.73 Å². The third-order valence-corrected chi connectivity index (χ3v) is 2.44. The van der Waals surface area contributed by atoms with E-state index in [0.29, 0.717) is 12.2 Å². The van der Waals surface area contributed by atoms with Crippen LogP contribution in [0.15, 0.2) is 12.1 Å². The van der Waals surface area contributed by atoms with Crippen LogP contribution in [0, 0.1) is 6.92 Å². The van der Waals surface area contributed by atoms with Crippen molar-refractivity contribution in [1.29, 1.82) is 0 Å². The Morgan fingerprint density at radius 3 is 2.38 bits per heavy atom. The molecule has 0 radical (unpaired) electrons. The fourth-order valence-corrected chi connectivity index (χ4v) is 1.90. The number of aryl methyl sites for hydroxylation is 1. The van der Waals surface area contributed by atoms with Gasteiger partial charge in [-0.2, -0.15) is 0 Å². The maximum atomic E-state index is 10.1. The number of rotatable bonds is 4. The van der Waals surface area contributed by atoms with Crippen LogP contribution in [0.2, 0.25) is 0 Å². The number of phenols is 1. The lowest BCUT2D eigenvalue weighted by atomic mass is 9.99. The van der Waals surface area contributed by atoms with Crippen molar-refractivity contribution in [2.45, 2.75) is 32.9 Å². The van der Waals surface area contributed by atoms with Gasteiger partial charge in [0, 0.05) is 18.2 Å². The largest absolute Gasteiger partial charge is 0.507 e. The van der Waals surface area contributed by atoms with Crippen LogP contribution in [-0.4, -0.2) is 30.1 Å². The van der Waals surface area contributed by atoms with Gasteiger partial charge < -0.3 is 15.7 Å².